The van der Waals surface area contributed by atoms with Gasteiger partial charge in [0.2, 0.25) is 0 Å². The molecule has 0 spiro atoms. The highest BCUT2D eigenvalue weighted by Crippen LogP contribution is 2.24. The van der Waals surface area contributed by atoms with E-state index in [1.807, 2.05) is 33.0 Å². The Morgan fingerprint density at radius 2 is 1.71 bits per heavy atom. The monoisotopic (exact) mass is 209 g/mol. The molecule has 1 aromatic carbocycles. The fraction of sp³-hybridized carbons (Fsp3) is 0.333. The Bertz CT molecular complexity index is 429. The van der Waals surface area contributed by atoms with Gasteiger partial charge in [-0.05, 0) is 37.1 Å². The van der Waals surface area contributed by atoms with Crippen LogP contribution in [0.1, 0.15) is 25.0 Å². The highest BCUT2D eigenvalue weighted by atomic mass is 35.5. The van der Waals surface area contributed by atoms with Crippen molar-refractivity contribution in [2.45, 2.75) is 27.7 Å². The molecule has 0 radical (unpaired) electrons. The molecule has 1 heterocycles. The summed E-state index contributed by atoms with van der Waals surface area (Å²) in [5.41, 5.74) is 3.51. The van der Waals surface area contributed by atoms with Crippen molar-refractivity contribution >= 4 is 22.5 Å². The maximum absolute atomic E-state index is 5.98. The molecule has 1 aromatic heterocycles. The zero-order chi connectivity index (χ0) is 10.7. The fourth-order valence-corrected chi connectivity index (χ4v) is 1.55. The summed E-state index contributed by atoms with van der Waals surface area (Å²) >= 11 is 5.98. The van der Waals surface area contributed by atoms with E-state index in [1.54, 1.807) is 0 Å². The Hall–Kier alpha value is -0.950. The smallest absolute Gasteiger partial charge is 0.0471 e. The van der Waals surface area contributed by atoms with Gasteiger partial charge in [0.25, 0.3) is 0 Å². The lowest BCUT2D eigenvalue weighted by atomic mass is 10.1. The molecular formula is C12H16ClN. The molecule has 0 saturated heterocycles. The number of aryl methyl sites for hydroxylation is 2. The second-order valence-electron chi connectivity index (χ2n) is 3.12. The molecule has 0 aliphatic rings. The third-order valence-electron chi connectivity index (χ3n) is 2.17. The first kappa shape index (κ1) is 11.1. The molecule has 0 amide bonds. The molecule has 0 aliphatic carbocycles. The van der Waals surface area contributed by atoms with Crippen molar-refractivity contribution in [3.8, 4) is 0 Å². The Morgan fingerprint density at radius 1 is 1.07 bits per heavy atom. The molecule has 76 valence electrons. The van der Waals surface area contributed by atoms with Crippen LogP contribution in [0.5, 0.6) is 0 Å². The van der Waals surface area contributed by atoms with Crippen LogP contribution in [-0.2, 0) is 0 Å². The normalized spacial score (nSPS) is 9.79. The molecule has 1 N–H and O–H groups in total. The van der Waals surface area contributed by atoms with Gasteiger partial charge < -0.3 is 4.98 Å². The van der Waals surface area contributed by atoms with Gasteiger partial charge in [-0.15, -0.1) is 0 Å². The van der Waals surface area contributed by atoms with E-state index in [0.29, 0.717) is 0 Å². The van der Waals surface area contributed by atoms with E-state index in [-0.39, 0.29) is 0 Å². The molecule has 14 heavy (non-hydrogen) atoms. The molecular weight excluding hydrogens is 194 g/mol. The standard InChI is InChI=1S/C10H10ClN.C2H6/c1-6-3-8-7(2)5-12-10(8)4-9(6)11;1-2/h3-5,12H,1-2H3;1-2H3. The molecule has 0 bridgehead atoms. The van der Waals surface area contributed by atoms with Gasteiger partial charge in [-0.25, -0.2) is 0 Å². The second-order valence-corrected chi connectivity index (χ2v) is 3.53. The molecule has 1 nitrogen and oxygen atoms in total. The van der Waals surface area contributed by atoms with E-state index >= 15 is 0 Å². The Balaban J connectivity index is 0.000000461. The molecule has 0 atom stereocenters. The Kier molecular flexibility index (Phi) is 3.59. The molecule has 0 fully saturated rings. The van der Waals surface area contributed by atoms with Crippen molar-refractivity contribution in [2.75, 3.05) is 0 Å². The largest absolute Gasteiger partial charge is 0.361 e. The first-order chi connectivity index (χ1) is 6.68. The van der Waals surface area contributed by atoms with E-state index in [1.165, 1.54) is 10.9 Å². The van der Waals surface area contributed by atoms with Gasteiger partial charge >= 0.3 is 0 Å². The number of rotatable bonds is 0. The van der Waals surface area contributed by atoms with Crippen molar-refractivity contribution in [2.24, 2.45) is 0 Å². The van der Waals surface area contributed by atoms with Crippen LogP contribution in [0, 0.1) is 13.8 Å². The number of aromatic amines is 1. The minimum atomic E-state index is 0.823. The lowest BCUT2D eigenvalue weighted by Gasteiger charge is -1.97. The Morgan fingerprint density at radius 3 is 2.36 bits per heavy atom. The fourth-order valence-electron chi connectivity index (χ4n) is 1.39. The van der Waals surface area contributed by atoms with Gasteiger partial charge in [0, 0.05) is 22.1 Å². The SMILES string of the molecule is CC.Cc1cc2c(C)c[nH]c2cc1Cl. The lowest BCUT2D eigenvalue weighted by molar-refractivity contribution is 1.42. The summed E-state index contributed by atoms with van der Waals surface area (Å²) in [4.78, 5) is 3.17. The van der Waals surface area contributed by atoms with E-state index in [9.17, 15) is 0 Å². The lowest BCUT2D eigenvalue weighted by Crippen LogP contribution is -1.76. The van der Waals surface area contributed by atoms with Gasteiger partial charge in [-0.1, -0.05) is 25.4 Å². The van der Waals surface area contributed by atoms with Crippen LogP contribution in [0.3, 0.4) is 0 Å². The van der Waals surface area contributed by atoms with Crippen molar-refractivity contribution in [3.05, 3.63) is 34.5 Å². The van der Waals surface area contributed by atoms with Crippen LogP contribution in [0.25, 0.3) is 10.9 Å². The number of benzene rings is 1. The topological polar surface area (TPSA) is 15.8 Å². The summed E-state index contributed by atoms with van der Waals surface area (Å²) < 4.78 is 0. The molecule has 2 heteroatoms. The summed E-state index contributed by atoms with van der Waals surface area (Å²) in [6.45, 7) is 8.11. The summed E-state index contributed by atoms with van der Waals surface area (Å²) in [5, 5.41) is 2.08. The summed E-state index contributed by atoms with van der Waals surface area (Å²) in [6, 6.07) is 4.09. The zero-order valence-corrected chi connectivity index (χ0v) is 9.87. The number of aromatic nitrogens is 1. The van der Waals surface area contributed by atoms with Gasteiger partial charge in [0.15, 0.2) is 0 Å². The third-order valence-corrected chi connectivity index (χ3v) is 2.58. The average Bonchev–Trinajstić information content (AvgIpc) is 2.53. The Labute approximate surface area is 90.1 Å². The number of halogens is 1. The minimum Gasteiger partial charge on any atom is -0.361 e. The van der Waals surface area contributed by atoms with E-state index in [0.717, 1.165) is 16.1 Å². The van der Waals surface area contributed by atoms with Crippen LogP contribution in [0.2, 0.25) is 5.02 Å². The summed E-state index contributed by atoms with van der Waals surface area (Å²) in [7, 11) is 0. The molecule has 0 unspecified atom stereocenters. The second kappa shape index (κ2) is 4.52. The summed E-state index contributed by atoms with van der Waals surface area (Å²) in [6.07, 6.45) is 2.00. The maximum Gasteiger partial charge on any atom is 0.0471 e. The first-order valence-electron chi connectivity index (χ1n) is 4.92. The van der Waals surface area contributed by atoms with Crippen LogP contribution in [-0.4, -0.2) is 4.98 Å². The quantitative estimate of drug-likeness (QED) is 0.659. The van der Waals surface area contributed by atoms with Crippen LogP contribution in [0.15, 0.2) is 18.3 Å². The van der Waals surface area contributed by atoms with Crippen LogP contribution < -0.4 is 0 Å². The number of H-pyrrole nitrogens is 1. The highest BCUT2D eigenvalue weighted by molar-refractivity contribution is 6.32. The van der Waals surface area contributed by atoms with Crippen molar-refractivity contribution in [1.82, 2.24) is 4.98 Å². The maximum atomic E-state index is 5.98. The van der Waals surface area contributed by atoms with Crippen LogP contribution >= 0.6 is 11.6 Å². The van der Waals surface area contributed by atoms with Gasteiger partial charge in [-0.3, -0.25) is 0 Å². The minimum absolute atomic E-state index is 0.823. The molecule has 2 rings (SSSR count). The highest BCUT2D eigenvalue weighted by Gasteiger charge is 2.02. The average molecular weight is 210 g/mol. The van der Waals surface area contributed by atoms with E-state index in [4.69, 9.17) is 11.6 Å². The van der Waals surface area contributed by atoms with E-state index in [2.05, 4.69) is 18.0 Å². The summed E-state index contributed by atoms with van der Waals surface area (Å²) in [5.74, 6) is 0. The number of nitrogens with one attached hydrogen (secondary N) is 1. The van der Waals surface area contributed by atoms with Gasteiger partial charge in [-0.2, -0.15) is 0 Å². The van der Waals surface area contributed by atoms with Crippen LogP contribution in [0.4, 0.5) is 0 Å². The number of fused-ring (bicyclic) bond motifs is 1. The predicted molar refractivity (Wildman–Crippen MR) is 64.1 cm³/mol. The third kappa shape index (κ3) is 1.93. The predicted octanol–water partition coefficient (Wildman–Crippen LogP) is 4.46. The molecule has 2 aromatic rings. The van der Waals surface area contributed by atoms with Crippen molar-refractivity contribution < 1.29 is 0 Å². The molecule has 0 saturated carbocycles. The van der Waals surface area contributed by atoms with Crippen molar-refractivity contribution in [1.29, 1.82) is 0 Å². The van der Waals surface area contributed by atoms with Gasteiger partial charge in [0.05, 0.1) is 0 Å². The number of hydrogen-bond acceptors (Lipinski definition) is 0. The van der Waals surface area contributed by atoms with Gasteiger partial charge in [0.1, 0.15) is 0 Å². The zero-order valence-electron chi connectivity index (χ0n) is 9.11. The van der Waals surface area contributed by atoms with Crippen molar-refractivity contribution in [3.63, 3.8) is 0 Å². The van der Waals surface area contributed by atoms with E-state index < -0.39 is 0 Å². The molecule has 0 aliphatic heterocycles. The first-order valence-corrected chi connectivity index (χ1v) is 5.30. The number of hydrogen-bond donors (Lipinski definition) is 1.